The van der Waals surface area contributed by atoms with Gasteiger partial charge < -0.3 is 5.11 Å². The minimum atomic E-state index is -4.85. The summed E-state index contributed by atoms with van der Waals surface area (Å²) in [4.78, 5) is 10.3. The third-order valence-electron chi connectivity index (χ3n) is 1.76. The number of hydrogen-bond acceptors (Lipinski definition) is 1. The van der Waals surface area contributed by atoms with Gasteiger partial charge in [0.25, 0.3) is 0 Å². The third-order valence-corrected chi connectivity index (χ3v) is 2.22. The lowest BCUT2D eigenvalue weighted by Crippen LogP contribution is -2.12. The summed E-state index contributed by atoms with van der Waals surface area (Å²) < 4.78 is 50.3. The first-order valence-corrected chi connectivity index (χ1v) is 4.78. The topological polar surface area (TPSA) is 37.3 Å². The summed E-state index contributed by atoms with van der Waals surface area (Å²) >= 11 is 2.77. The van der Waals surface area contributed by atoms with E-state index in [4.69, 9.17) is 5.11 Å². The maximum absolute atomic E-state index is 13.3. The van der Waals surface area contributed by atoms with Crippen molar-refractivity contribution in [3.63, 3.8) is 0 Å². The average molecular weight is 301 g/mol. The molecule has 1 aromatic rings. The standard InChI is InChI=1S/C9H5BrF4O2/c10-5-1-4(2-7(15)16)8(11)6(3-5)9(12,13)14/h1,3H,2H2,(H,15,16). The van der Waals surface area contributed by atoms with E-state index in [1.165, 1.54) is 0 Å². The fourth-order valence-corrected chi connectivity index (χ4v) is 1.65. The summed E-state index contributed by atoms with van der Waals surface area (Å²) in [6, 6.07) is 1.58. The minimum Gasteiger partial charge on any atom is -0.481 e. The highest BCUT2D eigenvalue weighted by Gasteiger charge is 2.35. The van der Waals surface area contributed by atoms with Crippen molar-refractivity contribution in [2.24, 2.45) is 0 Å². The van der Waals surface area contributed by atoms with Gasteiger partial charge in [0.05, 0.1) is 12.0 Å². The Balaban J connectivity index is 3.32. The van der Waals surface area contributed by atoms with Crippen LogP contribution in [-0.4, -0.2) is 11.1 Å². The number of benzene rings is 1. The van der Waals surface area contributed by atoms with E-state index in [-0.39, 0.29) is 4.47 Å². The number of halogens is 5. The summed E-state index contributed by atoms with van der Waals surface area (Å²) in [6.07, 6.45) is -5.64. The molecule has 0 fully saturated rings. The highest BCUT2D eigenvalue weighted by molar-refractivity contribution is 9.10. The summed E-state index contributed by atoms with van der Waals surface area (Å²) in [5.41, 5.74) is -1.98. The van der Waals surface area contributed by atoms with Gasteiger partial charge in [-0.3, -0.25) is 4.79 Å². The van der Waals surface area contributed by atoms with Crippen molar-refractivity contribution in [2.45, 2.75) is 12.6 Å². The van der Waals surface area contributed by atoms with Crippen LogP contribution in [-0.2, 0) is 17.4 Å². The Morgan fingerprint density at radius 3 is 2.38 bits per heavy atom. The molecule has 0 aliphatic heterocycles. The van der Waals surface area contributed by atoms with Crippen molar-refractivity contribution >= 4 is 21.9 Å². The Hall–Kier alpha value is -1.11. The number of carboxylic acids is 1. The Bertz CT molecular complexity index is 428. The van der Waals surface area contributed by atoms with Gasteiger partial charge >= 0.3 is 12.1 Å². The van der Waals surface area contributed by atoms with E-state index in [1.807, 2.05) is 0 Å². The lowest BCUT2D eigenvalue weighted by atomic mass is 10.1. The van der Waals surface area contributed by atoms with Crippen LogP contribution in [0.5, 0.6) is 0 Å². The molecule has 1 N–H and O–H groups in total. The van der Waals surface area contributed by atoms with Gasteiger partial charge in [0.15, 0.2) is 0 Å². The first-order chi connectivity index (χ1) is 7.21. The molecule has 0 aliphatic rings. The van der Waals surface area contributed by atoms with E-state index < -0.39 is 35.5 Å². The average Bonchev–Trinajstić information content (AvgIpc) is 2.07. The number of carboxylic acid groups (broad SMARTS) is 1. The van der Waals surface area contributed by atoms with Crippen LogP contribution in [0, 0.1) is 5.82 Å². The molecule has 7 heteroatoms. The highest BCUT2D eigenvalue weighted by atomic mass is 79.9. The molecule has 0 saturated carbocycles. The third kappa shape index (κ3) is 2.94. The number of aliphatic carboxylic acids is 1. The minimum absolute atomic E-state index is 0.0162. The molecule has 0 radical (unpaired) electrons. The van der Waals surface area contributed by atoms with Crippen molar-refractivity contribution in [3.05, 3.63) is 33.5 Å². The lowest BCUT2D eigenvalue weighted by molar-refractivity contribution is -0.141. The van der Waals surface area contributed by atoms with Gasteiger partial charge in [-0.05, 0) is 12.1 Å². The van der Waals surface area contributed by atoms with Gasteiger partial charge in [0, 0.05) is 10.0 Å². The van der Waals surface area contributed by atoms with E-state index >= 15 is 0 Å². The predicted molar refractivity (Wildman–Crippen MR) is 50.4 cm³/mol. The van der Waals surface area contributed by atoms with Gasteiger partial charge in [-0.2, -0.15) is 13.2 Å². The Kier molecular flexibility index (Phi) is 3.57. The Morgan fingerprint density at radius 1 is 1.38 bits per heavy atom. The molecule has 2 nitrogen and oxygen atoms in total. The van der Waals surface area contributed by atoms with Crippen molar-refractivity contribution in [3.8, 4) is 0 Å². The zero-order valence-electron chi connectivity index (χ0n) is 7.61. The zero-order valence-corrected chi connectivity index (χ0v) is 9.19. The SMILES string of the molecule is O=C(O)Cc1cc(Br)cc(C(F)(F)F)c1F. The molecule has 88 valence electrons. The van der Waals surface area contributed by atoms with E-state index in [0.29, 0.717) is 6.07 Å². The largest absolute Gasteiger partial charge is 0.481 e. The van der Waals surface area contributed by atoms with Crippen LogP contribution in [0.3, 0.4) is 0 Å². The zero-order chi connectivity index (χ0) is 12.5. The second-order valence-electron chi connectivity index (χ2n) is 2.99. The molecule has 0 bridgehead atoms. The first-order valence-electron chi connectivity index (χ1n) is 3.98. The number of rotatable bonds is 2. The molecule has 1 aromatic carbocycles. The lowest BCUT2D eigenvalue weighted by Gasteiger charge is -2.11. The van der Waals surface area contributed by atoms with Gasteiger partial charge in [-0.25, -0.2) is 4.39 Å². The molecular weight excluding hydrogens is 296 g/mol. The van der Waals surface area contributed by atoms with Crippen LogP contribution in [0.15, 0.2) is 16.6 Å². The van der Waals surface area contributed by atoms with Gasteiger partial charge in [0.1, 0.15) is 5.82 Å². The van der Waals surface area contributed by atoms with E-state index in [9.17, 15) is 22.4 Å². The Morgan fingerprint density at radius 2 is 1.94 bits per heavy atom. The molecule has 0 aliphatic carbocycles. The summed E-state index contributed by atoms with van der Waals surface area (Å²) in [5, 5.41) is 8.41. The molecule has 16 heavy (non-hydrogen) atoms. The molecule has 0 spiro atoms. The maximum Gasteiger partial charge on any atom is 0.419 e. The molecule has 0 saturated heterocycles. The van der Waals surface area contributed by atoms with Gasteiger partial charge in [0.2, 0.25) is 0 Å². The predicted octanol–water partition coefficient (Wildman–Crippen LogP) is 3.23. The quantitative estimate of drug-likeness (QED) is 0.852. The van der Waals surface area contributed by atoms with Crippen LogP contribution in [0.1, 0.15) is 11.1 Å². The van der Waals surface area contributed by atoms with E-state index in [0.717, 1.165) is 6.07 Å². The van der Waals surface area contributed by atoms with Crippen LogP contribution < -0.4 is 0 Å². The van der Waals surface area contributed by atoms with E-state index in [1.54, 1.807) is 0 Å². The van der Waals surface area contributed by atoms with Crippen LogP contribution in [0.2, 0.25) is 0 Å². The fraction of sp³-hybridized carbons (Fsp3) is 0.222. The van der Waals surface area contributed by atoms with Crippen LogP contribution in [0.4, 0.5) is 17.6 Å². The molecule has 0 atom stereocenters. The van der Waals surface area contributed by atoms with Gasteiger partial charge in [-0.15, -0.1) is 0 Å². The molecule has 0 heterocycles. The van der Waals surface area contributed by atoms with Crippen molar-refractivity contribution in [2.75, 3.05) is 0 Å². The molecule has 0 unspecified atom stereocenters. The van der Waals surface area contributed by atoms with Crippen molar-refractivity contribution in [1.29, 1.82) is 0 Å². The Labute approximate surface area is 96.0 Å². The maximum atomic E-state index is 13.3. The number of hydrogen-bond donors (Lipinski definition) is 1. The highest BCUT2D eigenvalue weighted by Crippen LogP contribution is 2.34. The molecule has 1 rings (SSSR count). The fourth-order valence-electron chi connectivity index (χ4n) is 1.14. The summed E-state index contributed by atoms with van der Waals surface area (Å²) in [7, 11) is 0. The monoisotopic (exact) mass is 300 g/mol. The number of carbonyl (C=O) groups is 1. The van der Waals surface area contributed by atoms with Crippen molar-refractivity contribution < 1.29 is 27.5 Å². The van der Waals surface area contributed by atoms with Crippen LogP contribution in [0.25, 0.3) is 0 Å². The van der Waals surface area contributed by atoms with Crippen molar-refractivity contribution in [1.82, 2.24) is 0 Å². The van der Waals surface area contributed by atoms with E-state index in [2.05, 4.69) is 15.9 Å². The molecule has 0 aromatic heterocycles. The molecule has 0 amide bonds. The summed E-state index contributed by atoms with van der Waals surface area (Å²) in [6.45, 7) is 0. The smallest absolute Gasteiger partial charge is 0.419 e. The second-order valence-corrected chi connectivity index (χ2v) is 3.91. The molecular formula is C9H5BrF4O2. The van der Waals surface area contributed by atoms with Crippen LogP contribution >= 0.6 is 15.9 Å². The summed E-state index contributed by atoms with van der Waals surface area (Å²) in [5.74, 6) is -2.94. The first kappa shape index (κ1) is 13.0. The van der Waals surface area contributed by atoms with Gasteiger partial charge in [-0.1, -0.05) is 15.9 Å². The number of alkyl halides is 3. The normalized spacial score (nSPS) is 11.6. The second kappa shape index (κ2) is 4.40.